The third-order valence-electron chi connectivity index (χ3n) is 3.43. The van der Waals surface area contributed by atoms with Crippen molar-refractivity contribution < 1.29 is 14.3 Å². The Balaban J connectivity index is 0.00000529. The van der Waals surface area contributed by atoms with Gasteiger partial charge in [0.1, 0.15) is 5.60 Å². The minimum absolute atomic E-state index is 0. The number of aliphatic imine (C=N–C) groups is 1. The molecule has 0 atom stereocenters. The molecule has 2 N–H and O–H groups in total. The van der Waals surface area contributed by atoms with E-state index in [1.807, 2.05) is 32.6 Å². The number of rotatable bonds is 6. The van der Waals surface area contributed by atoms with Crippen molar-refractivity contribution >= 4 is 36.0 Å². The summed E-state index contributed by atoms with van der Waals surface area (Å²) in [6.07, 6.45) is 1.71. The fraction of sp³-hybridized carbons (Fsp3) is 0.875. The van der Waals surface area contributed by atoms with Crippen molar-refractivity contribution in [1.82, 2.24) is 9.80 Å². The van der Waals surface area contributed by atoms with Crippen molar-refractivity contribution in [3.63, 3.8) is 0 Å². The molecule has 0 aromatic carbocycles. The number of ether oxygens (including phenoxy) is 2. The third kappa shape index (κ3) is 9.51. The molecule has 0 aromatic heterocycles. The summed E-state index contributed by atoms with van der Waals surface area (Å²) in [6.45, 7) is 12.4. The van der Waals surface area contributed by atoms with Gasteiger partial charge in [0, 0.05) is 45.9 Å². The standard InChI is InChI=1S/C16H32N4O3.HI/c1-5-22-13-7-6-8-18-14(17)19-9-11-20(12-10-19)15(21)23-16(2,3)4;/h5-13H2,1-4H3,(H2,17,18);1H. The third-order valence-corrected chi connectivity index (χ3v) is 3.43. The van der Waals surface area contributed by atoms with Gasteiger partial charge in [-0.25, -0.2) is 4.79 Å². The van der Waals surface area contributed by atoms with Gasteiger partial charge in [-0.05, 0) is 40.5 Å². The van der Waals surface area contributed by atoms with Gasteiger partial charge in [0.15, 0.2) is 5.96 Å². The highest BCUT2D eigenvalue weighted by Crippen LogP contribution is 2.11. The number of amides is 1. The Bertz CT molecular complexity index is 391. The first-order chi connectivity index (χ1) is 10.8. The molecule has 1 aliphatic heterocycles. The fourth-order valence-corrected chi connectivity index (χ4v) is 2.20. The van der Waals surface area contributed by atoms with Gasteiger partial charge in [0.25, 0.3) is 0 Å². The molecule has 0 unspecified atom stereocenters. The van der Waals surface area contributed by atoms with Crippen molar-refractivity contribution in [3.8, 4) is 0 Å². The number of guanidine groups is 1. The maximum atomic E-state index is 12.0. The number of hydrogen-bond acceptors (Lipinski definition) is 4. The van der Waals surface area contributed by atoms with Gasteiger partial charge < -0.3 is 25.0 Å². The molecule has 8 heteroatoms. The predicted molar refractivity (Wildman–Crippen MR) is 107 cm³/mol. The predicted octanol–water partition coefficient (Wildman–Crippen LogP) is 2.29. The Kier molecular flexibility index (Phi) is 11.4. The van der Waals surface area contributed by atoms with Crippen LogP contribution in [0.5, 0.6) is 0 Å². The van der Waals surface area contributed by atoms with E-state index < -0.39 is 5.60 Å². The molecule has 1 amide bonds. The van der Waals surface area contributed by atoms with Crippen LogP contribution in [0.25, 0.3) is 0 Å². The first-order valence-electron chi connectivity index (χ1n) is 8.44. The molecule has 0 spiro atoms. The lowest BCUT2D eigenvalue weighted by atomic mass is 10.2. The number of unbranched alkanes of at least 4 members (excludes halogenated alkanes) is 1. The first-order valence-corrected chi connectivity index (χ1v) is 8.44. The van der Waals surface area contributed by atoms with Crippen LogP contribution in [0, 0.1) is 0 Å². The minimum Gasteiger partial charge on any atom is -0.444 e. The molecular formula is C16H33IN4O3. The molecule has 142 valence electrons. The van der Waals surface area contributed by atoms with E-state index in [0.29, 0.717) is 38.7 Å². The van der Waals surface area contributed by atoms with Crippen LogP contribution in [-0.4, -0.2) is 73.4 Å². The highest BCUT2D eigenvalue weighted by molar-refractivity contribution is 14.0. The van der Waals surface area contributed by atoms with Crippen molar-refractivity contribution in [1.29, 1.82) is 0 Å². The van der Waals surface area contributed by atoms with Crippen molar-refractivity contribution in [2.45, 2.75) is 46.1 Å². The highest BCUT2D eigenvalue weighted by atomic mass is 127. The molecule has 1 fully saturated rings. The average molecular weight is 456 g/mol. The molecule has 1 heterocycles. The van der Waals surface area contributed by atoms with E-state index in [1.165, 1.54) is 0 Å². The number of hydrogen-bond donors (Lipinski definition) is 1. The molecule has 24 heavy (non-hydrogen) atoms. The SMILES string of the molecule is CCOCCCCN=C(N)N1CCN(C(=O)OC(C)(C)C)CC1.I. The quantitative estimate of drug-likeness (QED) is 0.287. The van der Waals surface area contributed by atoms with Crippen LogP contribution >= 0.6 is 24.0 Å². The Morgan fingerprint density at radius 1 is 1.12 bits per heavy atom. The molecule has 0 bridgehead atoms. The van der Waals surface area contributed by atoms with Crippen molar-refractivity contribution in [2.24, 2.45) is 10.7 Å². The Hall–Kier alpha value is -0.770. The first kappa shape index (κ1) is 23.2. The number of nitrogens with two attached hydrogens (primary N) is 1. The molecule has 0 aliphatic carbocycles. The van der Waals surface area contributed by atoms with Gasteiger partial charge in [0.05, 0.1) is 0 Å². The van der Waals surface area contributed by atoms with Gasteiger partial charge in [-0.2, -0.15) is 0 Å². The number of nitrogens with zero attached hydrogens (tertiary/aromatic N) is 3. The number of carbonyl (C=O) groups is 1. The number of halogens is 1. The normalized spacial score (nSPS) is 15.9. The average Bonchev–Trinajstić information content (AvgIpc) is 2.49. The van der Waals surface area contributed by atoms with Crippen molar-refractivity contribution in [3.05, 3.63) is 0 Å². The minimum atomic E-state index is -0.462. The maximum absolute atomic E-state index is 12.0. The number of piperazine rings is 1. The summed E-state index contributed by atoms with van der Waals surface area (Å²) in [4.78, 5) is 20.1. The van der Waals surface area contributed by atoms with Crippen molar-refractivity contribution in [2.75, 3.05) is 45.9 Å². The van der Waals surface area contributed by atoms with E-state index in [1.54, 1.807) is 4.90 Å². The molecular weight excluding hydrogens is 423 g/mol. The Morgan fingerprint density at radius 3 is 2.25 bits per heavy atom. The summed E-state index contributed by atoms with van der Waals surface area (Å²) < 4.78 is 10.7. The molecule has 0 aromatic rings. The summed E-state index contributed by atoms with van der Waals surface area (Å²) in [5.41, 5.74) is 5.56. The van der Waals surface area contributed by atoms with Crippen LogP contribution in [0.4, 0.5) is 4.79 Å². The van der Waals surface area contributed by atoms with Crippen LogP contribution in [0.15, 0.2) is 4.99 Å². The van der Waals surface area contributed by atoms with Crippen LogP contribution in [0.2, 0.25) is 0 Å². The molecule has 0 saturated carbocycles. The van der Waals surface area contributed by atoms with Crippen LogP contribution in [0.3, 0.4) is 0 Å². The second kappa shape index (κ2) is 11.7. The van der Waals surface area contributed by atoms with E-state index in [2.05, 4.69) is 4.99 Å². The smallest absolute Gasteiger partial charge is 0.410 e. The van der Waals surface area contributed by atoms with E-state index in [0.717, 1.165) is 26.1 Å². The van der Waals surface area contributed by atoms with E-state index in [4.69, 9.17) is 15.2 Å². The Morgan fingerprint density at radius 2 is 1.71 bits per heavy atom. The summed E-state index contributed by atoms with van der Waals surface area (Å²) in [7, 11) is 0. The lowest BCUT2D eigenvalue weighted by molar-refractivity contribution is 0.0186. The topological polar surface area (TPSA) is 80.4 Å². The van der Waals surface area contributed by atoms with Gasteiger partial charge in [-0.1, -0.05) is 0 Å². The van der Waals surface area contributed by atoms with Gasteiger partial charge in [-0.15, -0.1) is 24.0 Å². The summed E-state index contributed by atoms with van der Waals surface area (Å²) in [5.74, 6) is 0.560. The second-order valence-corrected chi connectivity index (χ2v) is 6.60. The summed E-state index contributed by atoms with van der Waals surface area (Å²) in [6, 6.07) is 0. The van der Waals surface area contributed by atoms with Gasteiger partial charge >= 0.3 is 6.09 Å². The molecule has 1 rings (SSSR count). The molecule has 1 aliphatic rings. The fourth-order valence-electron chi connectivity index (χ4n) is 2.20. The van der Waals surface area contributed by atoms with Crippen LogP contribution in [-0.2, 0) is 9.47 Å². The molecule has 1 saturated heterocycles. The zero-order valence-corrected chi connectivity index (χ0v) is 17.7. The second-order valence-electron chi connectivity index (χ2n) is 6.60. The molecule has 7 nitrogen and oxygen atoms in total. The Labute approximate surface area is 162 Å². The lowest BCUT2D eigenvalue weighted by Gasteiger charge is -2.36. The number of carbonyl (C=O) groups excluding carboxylic acids is 1. The molecule has 0 radical (unpaired) electrons. The van der Waals surface area contributed by atoms with Crippen LogP contribution in [0.1, 0.15) is 40.5 Å². The zero-order chi connectivity index (χ0) is 17.3. The van der Waals surface area contributed by atoms with Crippen LogP contribution < -0.4 is 5.73 Å². The highest BCUT2D eigenvalue weighted by Gasteiger charge is 2.26. The van der Waals surface area contributed by atoms with E-state index in [9.17, 15) is 4.79 Å². The zero-order valence-electron chi connectivity index (χ0n) is 15.4. The van der Waals surface area contributed by atoms with Gasteiger partial charge in [-0.3, -0.25) is 4.99 Å². The van der Waals surface area contributed by atoms with E-state index >= 15 is 0 Å². The monoisotopic (exact) mass is 456 g/mol. The van der Waals surface area contributed by atoms with Gasteiger partial charge in [0.2, 0.25) is 0 Å². The largest absolute Gasteiger partial charge is 0.444 e. The summed E-state index contributed by atoms with van der Waals surface area (Å²) >= 11 is 0. The summed E-state index contributed by atoms with van der Waals surface area (Å²) in [5, 5.41) is 0. The maximum Gasteiger partial charge on any atom is 0.410 e. The lowest BCUT2D eigenvalue weighted by Crippen LogP contribution is -2.53. The van der Waals surface area contributed by atoms with E-state index in [-0.39, 0.29) is 30.1 Å².